The van der Waals surface area contributed by atoms with Gasteiger partial charge in [0.15, 0.2) is 0 Å². The minimum absolute atomic E-state index is 0.0638. The van der Waals surface area contributed by atoms with E-state index in [9.17, 15) is 18.0 Å². The van der Waals surface area contributed by atoms with E-state index in [4.69, 9.17) is 11.6 Å². The van der Waals surface area contributed by atoms with E-state index < -0.39 is 6.36 Å². The van der Waals surface area contributed by atoms with Crippen LogP contribution in [-0.4, -0.2) is 29.1 Å². The second-order valence-electron chi connectivity index (χ2n) is 4.23. The van der Waals surface area contributed by atoms with Crippen LogP contribution in [0, 0.1) is 0 Å². The number of halogens is 4. The molecule has 19 heavy (non-hydrogen) atoms. The SMILES string of the molecule is O=C1CC(Cl)CN1Cc1ccccc1OC(F)(F)F. The Bertz CT molecular complexity index is 478. The number of carbonyl (C=O) groups excluding carboxylic acids is 1. The zero-order valence-electron chi connectivity index (χ0n) is 9.78. The van der Waals surface area contributed by atoms with Crippen molar-refractivity contribution in [3.63, 3.8) is 0 Å². The van der Waals surface area contributed by atoms with Gasteiger partial charge in [-0.3, -0.25) is 4.79 Å². The van der Waals surface area contributed by atoms with Crippen molar-refractivity contribution in [2.24, 2.45) is 0 Å². The summed E-state index contributed by atoms with van der Waals surface area (Å²) in [6.07, 6.45) is -4.54. The first kappa shape index (κ1) is 14.0. The number of hydrogen-bond donors (Lipinski definition) is 0. The summed E-state index contributed by atoms with van der Waals surface area (Å²) in [7, 11) is 0. The molecular weight excluding hydrogens is 283 g/mol. The van der Waals surface area contributed by atoms with E-state index in [1.807, 2.05) is 0 Å². The van der Waals surface area contributed by atoms with Crippen LogP contribution in [0.1, 0.15) is 12.0 Å². The molecule has 1 fully saturated rings. The van der Waals surface area contributed by atoms with Gasteiger partial charge in [-0.2, -0.15) is 0 Å². The first-order valence-electron chi connectivity index (χ1n) is 5.60. The van der Waals surface area contributed by atoms with Crippen LogP contribution in [0.4, 0.5) is 13.2 Å². The average molecular weight is 294 g/mol. The number of likely N-dealkylation sites (tertiary alicyclic amines) is 1. The lowest BCUT2D eigenvalue weighted by molar-refractivity contribution is -0.275. The van der Waals surface area contributed by atoms with Gasteiger partial charge in [0.1, 0.15) is 5.75 Å². The quantitative estimate of drug-likeness (QED) is 0.802. The van der Waals surface area contributed by atoms with Crippen LogP contribution < -0.4 is 4.74 Å². The van der Waals surface area contributed by atoms with Gasteiger partial charge in [0.2, 0.25) is 5.91 Å². The van der Waals surface area contributed by atoms with Crippen molar-refractivity contribution >= 4 is 17.5 Å². The van der Waals surface area contributed by atoms with E-state index in [-0.39, 0.29) is 30.0 Å². The summed E-state index contributed by atoms with van der Waals surface area (Å²) < 4.78 is 40.7. The summed E-state index contributed by atoms with van der Waals surface area (Å²) in [5.41, 5.74) is 0.305. The number of rotatable bonds is 3. The molecule has 2 rings (SSSR count). The number of hydrogen-bond acceptors (Lipinski definition) is 2. The molecule has 3 nitrogen and oxygen atoms in total. The van der Waals surface area contributed by atoms with Crippen molar-refractivity contribution in [1.82, 2.24) is 4.90 Å². The summed E-state index contributed by atoms with van der Waals surface area (Å²) in [5.74, 6) is -0.456. The molecule has 0 spiro atoms. The van der Waals surface area contributed by atoms with Gasteiger partial charge in [-0.25, -0.2) is 0 Å². The molecule has 0 aromatic heterocycles. The maximum Gasteiger partial charge on any atom is 0.573 e. The predicted octanol–water partition coefficient (Wildman–Crippen LogP) is 2.92. The highest BCUT2D eigenvalue weighted by molar-refractivity contribution is 6.22. The molecule has 7 heteroatoms. The highest BCUT2D eigenvalue weighted by Crippen LogP contribution is 2.28. The lowest BCUT2D eigenvalue weighted by Crippen LogP contribution is -2.26. The molecule has 0 N–H and O–H groups in total. The third kappa shape index (κ3) is 3.76. The molecule has 0 radical (unpaired) electrons. The molecular formula is C12H11ClF3NO2. The summed E-state index contributed by atoms with van der Waals surface area (Å²) in [6, 6.07) is 5.76. The molecule has 1 unspecified atom stereocenters. The van der Waals surface area contributed by atoms with Gasteiger partial charge >= 0.3 is 6.36 Å². The summed E-state index contributed by atoms with van der Waals surface area (Å²) in [6.45, 7) is 0.398. The number of nitrogens with zero attached hydrogens (tertiary/aromatic N) is 1. The minimum atomic E-state index is -4.75. The van der Waals surface area contributed by atoms with Crippen LogP contribution in [0.5, 0.6) is 5.75 Å². The molecule has 104 valence electrons. The monoisotopic (exact) mass is 293 g/mol. The third-order valence-electron chi connectivity index (χ3n) is 2.73. The molecule has 0 bridgehead atoms. The van der Waals surface area contributed by atoms with Crippen LogP contribution in [-0.2, 0) is 11.3 Å². The van der Waals surface area contributed by atoms with Crippen LogP contribution in [0.25, 0.3) is 0 Å². The Hall–Kier alpha value is -1.43. The molecule has 1 aromatic carbocycles. The van der Waals surface area contributed by atoms with E-state index in [0.717, 1.165) is 0 Å². The maximum absolute atomic E-state index is 12.2. The number of benzene rings is 1. The number of alkyl halides is 4. The predicted molar refractivity (Wildman–Crippen MR) is 62.8 cm³/mol. The van der Waals surface area contributed by atoms with Gasteiger partial charge in [-0.05, 0) is 6.07 Å². The van der Waals surface area contributed by atoms with Gasteiger partial charge in [-0.1, -0.05) is 18.2 Å². The van der Waals surface area contributed by atoms with Crippen LogP contribution in [0.3, 0.4) is 0 Å². The fraction of sp³-hybridized carbons (Fsp3) is 0.417. The Morgan fingerprint density at radius 1 is 1.37 bits per heavy atom. The Kier molecular flexibility index (Phi) is 3.89. The summed E-state index contributed by atoms with van der Waals surface area (Å²) in [4.78, 5) is 13.0. The lowest BCUT2D eigenvalue weighted by Gasteiger charge is -2.19. The van der Waals surface area contributed by atoms with E-state index in [1.54, 1.807) is 6.07 Å². The van der Waals surface area contributed by atoms with Gasteiger partial charge in [0, 0.05) is 25.1 Å². The van der Waals surface area contributed by atoms with Crippen molar-refractivity contribution in [3.8, 4) is 5.75 Å². The second kappa shape index (κ2) is 5.28. The normalized spacial score (nSPS) is 19.9. The Morgan fingerprint density at radius 2 is 2.05 bits per heavy atom. The fourth-order valence-corrected chi connectivity index (χ4v) is 2.24. The van der Waals surface area contributed by atoms with Crippen molar-refractivity contribution in [2.45, 2.75) is 24.7 Å². The summed E-state index contributed by atoms with van der Waals surface area (Å²) >= 11 is 5.84. The molecule has 0 saturated carbocycles. The van der Waals surface area contributed by atoms with Crippen molar-refractivity contribution in [3.05, 3.63) is 29.8 Å². The Morgan fingerprint density at radius 3 is 2.63 bits per heavy atom. The molecule has 1 aliphatic heterocycles. The molecule has 1 atom stereocenters. The van der Waals surface area contributed by atoms with Crippen LogP contribution in [0.15, 0.2) is 24.3 Å². The molecule has 1 heterocycles. The Balaban J connectivity index is 2.14. The standard InChI is InChI=1S/C12H11ClF3NO2/c13-9-5-11(18)17(7-9)6-8-3-1-2-4-10(8)19-12(14,15)16/h1-4,9H,5-7H2. The highest BCUT2D eigenvalue weighted by atomic mass is 35.5. The van der Waals surface area contributed by atoms with Gasteiger partial charge < -0.3 is 9.64 Å². The smallest absolute Gasteiger partial charge is 0.405 e. The first-order chi connectivity index (χ1) is 8.85. The van der Waals surface area contributed by atoms with Crippen LogP contribution >= 0.6 is 11.6 Å². The van der Waals surface area contributed by atoms with E-state index in [0.29, 0.717) is 12.1 Å². The Labute approximate surface area is 112 Å². The topological polar surface area (TPSA) is 29.5 Å². The molecule has 1 aliphatic rings. The number of amides is 1. The zero-order valence-corrected chi connectivity index (χ0v) is 10.5. The fourth-order valence-electron chi connectivity index (χ4n) is 1.94. The maximum atomic E-state index is 12.2. The van der Waals surface area contributed by atoms with E-state index >= 15 is 0 Å². The largest absolute Gasteiger partial charge is 0.573 e. The molecule has 0 aliphatic carbocycles. The van der Waals surface area contributed by atoms with Crippen molar-refractivity contribution in [1.29, 1.82) is 0 Å². The van der Waals surface area contributed by atoms with Crippen molar-refractivity contribution in [2.75, 3.05) is 6.54 Å². The molecule has 1 amide bonds. The lowest BCUT2D eigenvalue weighted by atomic mass is 10.2. The first-order valence-corrected chi connectivity index (χ1v) is 6.04. The zero-order chi connectivity index (χ0) is 14.0. The third-order valence-corrected chi connectivity index (χ3v) is 3.02. The van der Waals surface area contributed by atoms with Crippen molar-refractivity contribution < 1.29 is 22.7 Å². The average Bonchev–Trinajstić information content (AvgIpc) is 2.58. The van der Waals surface area contributed by atoms with Crippen LogP contribution in [0.2, 0.25) is 0 Å². The number of carbonyl (C=O) groups is 1. The number of ether oxygens (including phenoxy) is 1. The number of para-hydroxylation sites is 1. The van der Waals surface area contributed by atoms with E-state index in [2.05, 4.69) is 4.74 Å². The van der Waals surface area contributed by atoms with E-state index in [1.165, 1.54) is 23.1 Å². The highest BCUT2D eigenvalue weighted by Gasteiger charge is 2.33. The van der Waals surface area contributed by atoms with Gasteiger partial charge in [-0.15, -0.1) is 24.8 Å². The molecule has 1 saturated heterocycles. The van der Waals surface area contributed by atoms with Gasteiger partial charge in [0.25, 0.3) is 0 Å². The molecule has 1 aromatic rings. The van der Waals surface area contributed by atoms with Gasteiger partial charge in [0.05, 0.1) is 5.38 Å². The second-order valence-corrected chi connectivity index (χ2v) is 4.85. The summed E-state index contributed by atoms with van der Waals surface area (Å²) in [5, 5.41) is -0.289. The minimum Gasteiger partial charge on any atom is -0.405 e.